The van der Waals surface area contributed by atoms with E-state index in [1.807, 2.05) is 5.38 Å². The Bertz CT molecular complexity index is 1160. The third-order valence-corrected chi connectivity index (χ3v) is 8.06. The number of hydrogen-bond acceptors (Lipinski definition) is 12. The molecule has 0 amide bonds. The molecule has 7 atom stereocenters. The van der Waals surface area contributed by atoms with Crippen molar-refractivity contribution in [3.05, 3.63) is 22.7 Å². The molecule has 0 bridgehead atoms. The van der Waals surface area contributed by atoms with E-state index in [1.54, 1.807) is 0 Å². The van der Waals surface area contributed by atoms with Crippen molar-refractivity contribution in [3.63, 3.8) is 0 Å². The Morgan fingerprint density at radius 2 is 1.88 bits per heavy atom. The van der Waals surface area contributed by atoms with Crippen molar-refractivity contribution in [2.45, 2.75) is 37.0 Å². The van der Waals surface area contributed by atoms with Crippen molar-refractivity contribution in [2.24, 2.45) is 5.73 Å². The van der Waals surface area contributed by atoms with Crippen LogP contribution in [0.1, 0.15) is 13.2 Å². The number of aliphatic hydroxyl groups is 1. The molecule has 0 aromatic carbocycles. The summed E-state index contributed by atoms with van der Waals surface area (Å²) in [4.78, 5) is 51.7. The molecule has 2 rings (SSSR count). The van der Waals surface area contributed by atoms with Gasteiger partial charge in [-0.15, -0.1) is 0 Å². The fourth-order valence-electron chi connectivity index (χ4n) is 2.81. The average molecular weight is 555 g/mol. The van der Waals surface area contributed by atoms with E-state index in [0.717, 1.165) is 17.7 Å². The first-order valence-electron chi connectivity index (χ1n) is 8.33. The molecule has 2 heterocycles. The van der Waals surface area contributed by atoms with Crippen molar-refractivity contribution in [1.29, 1.82) is 0 Å². The van der Waals surface area contributed by atoms with E-state index in [1.165, 1.54) is 6.07 Å². The van der Waals surface area contributed by atoms with Gasteiger partial charge in [-0.3, -0.25) is 9.09 Å². The molecule has 0 aliphatic carbocycles. The Labute approximate surface area is 189 Å². The molecule has 1 fully saturated rings. The highest BCUT2D eigenvalue weighted by atomic mass is 35.5. The van der Waals surface area contributed by atoms with Gasteiger partial charge < -0.3 is 40.9 Å². The molecule has 17 nitrogen and oxygen atoms in total. The van der Waals surface area contributed by atoms with Crippen molar-refractivity contribution in [1.82, 2.24) is 9.55 Å². The third-order valence-electron chi connectivity index (χ3n) is 4.04. The summed E-state index contributed by atoms with van der Waals surface area (Å²) in [6, 6.07) is 1.20. The van der Waals surface area contributed by atoms with Gasteiger partial charge in [-0.2, -0.15) is 13.6 Å². The minimum atomic E-state index is -5.78. The van der Waals surface area contributed by atoms with E-state index < -0.39 is 59.2 Å². The lowest BCUT2D eigenvalue weighted by Crippen LogP contribution is -2.55. The maximum absolute atomic E-state index is 12.2. The van der Waals surface area contributed by atoms with Crippen LogP contribution < -0.4 is 17.2 Å². The first-order valence-corrected chi connectivity index (χ1v) is 13.2. The van der Waals surface area contributed by atoms with Crippen molar-refractivity contribution < 1.29 is 56.3 Å². The van der Waals surface area contributed by atoms with Crippen molar-refractivity contribution in [3.8, 4) is 11.3 Å². The summed E-state index contributed by atoms with van der Waals surface area (Å²) in [7, 11) is -16.9. The van der Waals surface area contributed by atoms with Crippen LogP contribution in [0, 0.1) is 11.3 Å². The van der Waals surface area contributed by atoms with E-state index in [-0.39, 0.29) is 5.82 Å². The van der Waals surface area contributed by atoms with Gasteiger partial charge >= 0.3 is 29.2 Å². The number of halogens is 1. The minimum absolute atomic E-state index is 0.140. The molecule has 3 unspecified atom stereocenters. The zero-order valence-corrected chi connectivity index (χ0v) is 19.7. The summed E-state index contributed by atoms with van der Waals surface area (Å²) >= 11 is 5.41. The zero-order chi connectivity index (χ0) is 25.4. The standard InChI is InChI=1S/C12H18ClN4O13P3/c1-6(28-32(23,24)30-33(25,26)29-31(20,21)22)8-9(18)12(15,3-4-13)10(27-8)17-5-2-7(14)16-11(17)19/h2,5-6,8-10,18H,15H2,1H3,(H,23,24)(H,25,26)(H2,14,16,19)(H2,20,21,22)/t6-,8+,9-,10+,12?/m0/s1. The number of rotatable bonds is 8. The normalized spacial score (nSPS) is 30.0. The molecule has 0 radical (unpaired) electrons. The van der Waals surface area contributed by atoms with Gasteiger partial charge in [0.25, 0.3) is 0 Å². The van der Waals surface area contributed by atoms with Gasteiger partial charge in [0, 0.05) is 11.6 Å². The first kappa shape index (κ1) is 28.1. The van der Waals surface area contributed by atoms with Crippen molar-refractivity contribution in [2.75, 3.05) is 5.73 Å². The van der Waals surface area contributed by atoms with Crippen molar-refractivity contribution >= 4 is 40.9 Å². The van der Waals surface area contributed by atoms with Crippen LogP contribution in [-0.4, -0.2) is 58.1 Å². The number of aromatic nitrogens is 2. The predicted octanol–water partition coefficient (Wildman–Crippen LogP) is -1.29. The highest BCUT2D eigenvalue weighted by Gasteiger charge is 2.57. The molecule has 1 aliphatic heterocycles. The molecular weight excluding hydrogens is 537 g/mol. The van der Waals surface area contributed by atoms with Crippen LogP contribution in [0.5, 0.6) is 0 Å². The summed E-state index contributed by atoms with van der Waals surface area (Å²) < 4.78 is 52.4. The maximum Gasteiger partial charge on any atom is 0.490 e. The largest absolute Gasteiger partial charge is 0.490 e. The van der Waals surface area contributed by atoms with Gasteiger partial charge in [0.15, 0.2) is 11.8 Å². The number of phosphoric ester groups is 1. The Morgan fingerprint density at radius 3 is 2.39 bits per heavy atom. The first-order chi connectivity index (χ1) is 14.9. The molecule has 33 heavy (non-hydrogen) atoms. The molecule has 1 aromatic heterocycles. The molecular formula is C12H18ClN4O13P3. The number of anilines is 1. The SMILES string of the molecule is C[C@H](OP(=O)(O)OP(=O)(O)OP(=O)(O)O)[C@H]1O[C@@H](n2ccc(N)nc2=O)C(N)(C#CCl)[C@H]1O. The highest BCUT2D eigenvalue weighted by Crippen LogP contribution is 2.66. The summed E-state index contributed by atoms with van der Waals surface area (Å²) in [5.41, 5.74) is 8.47. The van der Waals surface area contributed by atoms with Gasteiger partial charge in [-0.25, -0.2) is 18.5 Å². The maximum atomic E-state index is 12.2. The summed E-state index contributed by atoms with van der Waals surface area (Å²) in [6.07, 6.45) is -5.60. The molecule has 9 N–H and O–H groups in total. The lowest BCUT2D eigenvalue weighted by atomic mass is 9.90. The topological polar surface area (TPSA) is 276 Å². The molecule has 1 aromatic rings. The van der Waals surface area contributed by atoms with Crippen LogP contribution in [-0.2, 0) is 31.6 Å². The van der Waals surface area contributed by atoms with Gasteiger partial charge in [-0.1, -0.05) is 5.92 Å². The molecule has 21 heteroatoms. The number of hydrogen-bond donors (Lipinski definition) is 7. The van der Waals surface area contributed by atoms with E-state index in [2.05, 4.69) is 24.0 Å². The minimum Gasteiger partial charge on any atom is -0.387 e. The van der Waals surface area contributed by atoms with Crippen LogP contribution >= 0.6 is 35.1 Å². The Kier molecular flexibility index (Phi) is 8.35. The summed E-state index contributed by atoms with van der Waals surface area (Å²) in [5.74, 6) is 2.12. The number of nitrogen functional groups attached to an aromatic ring is 1. The third kappa shape index (κ3) is 6.92. The Morgan fingerprint density at radius 1 is 1.27 bits per heavy atom. The molecule has 0 spiro atoms. The lowest BCUT2D eigenvalue weighted by molar-refractivity contribution is -0.0754. The van der Waals surface area contributed by atoms with Crippen LogP contribution in [0.25, 0.3) is 0 Å². The second-order valence-electron chi connectivity index (χ2n) is 6.49. The highest BCUT2D eigenvalue weighted by molar-refractivity contribution is 7.66. The van der Waals surface area contributed by atoms with Crippen LogP contribution in [0.2, 0.25) is 0 Å². The smallest absolute Gasteiger partial charge is 0.387 e. The second kappa shape index (κ2) is 9.82. The monoisotopic (exact) mass is 554 g/mol. The van der Waals surface area contributed by atoms with Gasteiger partial charge in [0.05, 0.1) is 6.10 Å². The van der Waals surface area contributed by atoms with Crippen LogP contribution in [0.15, 0.2) is 17.1 Å². The number of nitrogens with zero attached hydrogens (tertiary/aromatic N) is 2. The average Bonchev–Trinajstić information content (AvgIpc) is 2.83. The Balaban J connectivity index is 2.31. The van der Waals surface area contributed by atoms with Crippen LogP contribution in [0.4, 0.5) is 5.82 Å². The fraction of sp³-hybridized carbons (Fsp3) is 0.500. The number of aliphatic hydroxyl groups excluding tert-OH is 1. The van der Waals surface area contributed by atoms with E-state index in [4.69, 9.17) is 37.6 Å². The molecule has 186 valence electrons. The van der Waals surface area contributed by atoms with Gasteiger partial charge in [-0.05, 0) is 24.6 Å². The van der Waals surface area contributed by atoms with E-state index >= 15 is 0 Å². The summed E-state index contributed by atoms with van der Waals surface area (Å²) in [5, 5.41) is 12.6. The van der Waals surface area contributed by atoms with Gasteiger partial charge in [0.2, 0.25) is 0 Å². The number of ether oxygens (including phenoxy) is 1. The van der Waals surface area contributed by atoms with E-state index in [9.17, 15) is 33.4 Å². The quantitative estimate of drug-likeness (QED) is 0.145. The number of nitrogens with two attached hydrogens (primary N) is 2. The Hall–Kier alpha value is -1.18. The fourth-order valence-corrected chi connectivity index (χ4v) is 6.17. The van der Waals surface area contributed by atoms with E-state index in [0.29, 0.717) is 0 Å². The lowest BCUT2D eigenvalue weighted by Gasteiger charge is -2.28. The molecule has 1 saturated heterocycles. The van der Waals surface area contributed by atoms with Crippen LogP contribution in [0.3, 0.4) is 0 Å². The number of phosphoric acid groups is 3. The second-order valence-corrected chi connectivity index (χ2v) is 11.1. The zero-order valence-electron chi connectivity index (χ0n) is 16.2. The predicted molar refractivity (Wildman–Crippen MR) is 108 cm³/mol. The summed E-state index contributed by atoms with van der Waals surface area (Å²) in [6.45, 7) is 1.03. The van der Waals surface area contributed by atoms with Gasteiger partial charge in [0.1, 0.15) is 18.0 Å². The molecule has 0 saturated carbocycles. The molecule has 1 aliphatic rings.